The lowest BCUT2D eigenvalue weighted by Gasteiger charge is -2.30. The van der Waals surface area contributed by atoms with Crippen LogP contribution in [0.1, 0.15) is 27.0 Å². The van der Waals surface area contributed by atoms with Gasteiger partial charge in [0.05, 0.1) is 32.0 Å². The number of carbonyl (C=O) groups is 1. The van der Waals surface area contributed by atoms with Gasteiger partial charge >= 0.3 is 5.97 Å². The highest BCUT2D eigenvalue weighted by Crippen LogP contribution is 2.47. The number of methoxy groups -OCH3 is 1. The highest BCUT2D eigenvalue weighted by molar-refractivity contribution is 5.96. The van der Waals surface area contributed by atoms with Crippen LogP contribution < -0.4 is 9.47 Å². The Morgan fingerprint density at radius 1 is 0.816 bits per heavy atom. The molecule has 0 amide bonds. The number of benzene rings is 3. The first-order valence-electron chi connectivity index (χ1n) is 12.8. The largest absolute Gasteiger partial charge is 0.491 e. The molecule has 0 aromatic heterocycles. The standard InChI is InChI=1S/C30H30O8/c1-32-14-24(35-17-26-19-37-26)15-33-22-10-6-20(7-11-22)30(28-5-3-2-4-27(28)29(31)38-30)21-8-12-23(13-9-21)34-16-25-18-36-25/h2-13,24-26H,14-19H2,1H3. The van der Waals surface area contributed by atoms with Crippen molar-refractivity contribution in [1.29, 1.82) is 0 Å². The number of epoxide rings is 2. The summed E-state index contributed by atoms with van der Waals surface area (Å²) in [5, 5.41) is 0. The van der Waals surface area contributed by atoms with E-state index in [1.165, 1.54) is 0 Å². The zero-order valence-electron chi connectivity index (χ0n) is 21.2. The van der Waals surface area contributed by atoms with Gasteiger partial charge in [-0.15, -0.1) is 0 Å². The molecule has 3 aromatic rings. The second kappa shape index (κ2) is 10.7. The number of carbonyl (C=O) groups excluding carboxylic acids is 1. The van der Waals surface area contributed by atoms with Crippen molar-refractivity contribution in [3.05, 3.63) is 95.1 Å². The van der Waals surface area contributed by atoms with E-state index in [2.05, 4.69) is 0 Å². The van der Waals surface area contributed by atoms with Gasteiger partial charge in [-0.25, -0.2) is 4.79 Å². The van der Waals surface area contributed by atoms with Crippen molar-refractivity contribution in [2.75, 3.05) is 46.8 Å². The summed E-state index contributed by atoms with van der Waals surface area (Å²) in [7, 11) is 1.64. The number of esters is 1. The van der Waals surface area contributed by atoms with Crippen LogP contribution in [0.25, 0.3) is 0 Å². The number of hydrogen-bond donors (Lipinski definition) is 0. The maximum Gasteiger partial charge on any atom is 0.340 e. The molecule has 0 bridgehead atoms. The van der Waals surface area contributed by atoms with Crippen LogP contribution in [0.4, 0.5) is 0 Å². The Balaban J connectivity index is 1.24. The van der Waals surface area contributed by atoms with E-state index in [1.54, 1.807) is 13.2 Å². The van der Waals surface area contributed by atoms with E-state index in [1.807, 2.05) is 66.7 Å². The molecule has 0 N–H and O–H groups in total. The molecule has 0 spiro atoms. The first-order chi connectivity index (χ1) is 18.7. The summed E-state index contributed by atoms with van der Waals surface area (Å²) in [6.45, 7) is 3.30. The molecule has 38 heavy (non-hydrogen) atoms. The Morgan fingerprint density at radius 3 is 2.05 bits per heavy atom. The van der Waals surface area contributed by atoms with Crippen LogP contribution in [-0.2, 0) is 29.3 Å². The van der Waals surface area contributed by atoms with Crippen molar-refractivity contribution in [1.82, 2.24) is 0 Å². The fraction of sp³-hybridized carbons (Fsp3) is 0.367. The molecule has 8 nitrogen and oxygen atoms in total. The van der Waals surface area contributed by atoms with Gasteiger partial charge in [0, 0.05) is 23.8 Å². The van der Waals surface area contributed by atoms with Gasteiger partial charge in [-0.3, -0.25) is 0 Å². The summed E-state index contributed by atoms with van der Waals surface area (Å²) in [4.78, 5) is 13.0. The Labute approximate surface area is 221 Å². The highest BCUT2D eigenvalue weighted by Gasteiger charge is 2.48. The summed E-state index contributed by atoms with van der Waals surface area (Å²) < 4.78 is 39.6. The number of cyclic esters (lactones) is 1. The summed E-state index contributed by atoms with van der Waals surface area (Å²) >= 11 is 0. The van der Waals surface area contributed by atoms with E-state index in [-0.39, 0.29) is 24.3 Å². The van der Waals surface area contributed by atoms with Crippen molar-refractivity contribution in [2.45, 2.75) is 23.9 Å². The van der Waals surface area contributed by atoms with E-state index in [4.69, 9.17) is 33.2 Å². The molecule has 0 aliphatic carbocycles. The molecule has 3 aliphatic rings. The molecule has 3 heterocycles. The molecule has 3 aromatic carbocycles. The number of fused-ring (bicyclic) bond motifs is 1. The van der Waals surface area contributed by atoms with Crippen LogP contribution in [0, 0.1) is 0 Å². The first-order valence-corrected chi connectivity index (χ1v) is 12.8. The van der Waals surface area contributed by atoms with Gasteiger partial charge in [-0.05, 0) is 30.3 Å². The molecule has 0 radical (unpaired) electrons. The van der Waals surface area contributed by atoms with Gasteiger partial charge in [-0.1, -0.05) is 42.5 Å². The average molecular weight is 519 g/mol. The molecule has 4 unspecified atom stereocenters. The van der Waals surface area contributed by atoms with Gasteiger partial charge in [0.2, 0.25) is 0 Å². The normalized spacial score (nSPS) is 23.9. The van der Waals surface area contributed by atoms with Gasteiger partial charge in [0.15, 0.2) is 5.60 Å². The SMILES string of the molecule is COCC(COc1ccc(C2(c3ccc(OCC4CO4)cc3)OC(=O)c3ccccc32)cc1)OCC1CO1. The molecule has 6 rings (SSSR count). The van der Waals surface area contributed by atoms with Gasteiger partial charge < -0.3 is 33.2 Å². The Bertz CT molecular complexity index is 1250. The zero-order valence-corrected chi connectivity index (χ0v) is 21.2. The molecular formula is C30H30O8. The predicted molar refractivity (Wildman–Crippen MR) is 137 cm³/mol. The lowest BCUT2D eigenvalue weighted by molar-refractivity contribution is -0.0302. The first kappa shape index (κ1) is 24.9. The monoisotopic (exact) mass is 518 g/mol. The molecule has 8 heteroatoms. The number of hydrogen-bond acceptors (Lipinski definition) is 8. The fourth-order valence-corrected chi connectivity index (χ4v) is 4.66. The van der Waals surface area contributed by atoms with Gasteiger partial charge in [-0.2, -0.15) is 0 Å². The number of ether oxygens (including phenoxy) is 7. The molecular weight excluding hydrogens is 488 g/mol. The topological polar surface area (TPSA) is 88.3 Å². The molecule has 2 saturated heterocycles. The zero-order chi connectivity index (χ0) is 26.0. The summed E-state index contributed by atoms with van der Waals surface area (Å²) in [6, 6.07) is 22.8. The summed E-state index contributed by atoms with van der Waals surface area (Å²) in [6.07, 6.45) is 0.146. The predicted octanol–water partition coefficient (Wildman–Crippen LogP) is 3.74. The summed E-state index contributed by atoms with van der Waals surface area (Å²) in [5.74, 6) is 1.06. The van der Waals surface area contributed by atoms with Crippen molar-refractivity contribution in [3.8, 4) is 11.5 Å². The lowest BCUT2D eigenvalue weighted by Crippen LogP contribution is -2.29. The second-order valence-electron chi connectivity index (χ2n) is 9.61. The van der Waals surface area contributed by atoms with Crippen molar-refractivity contribution >= 4 is 5.97 Å². The smallest absolute Gasteiger partial charge is 0.340 e. The molecule has 4 atom stereocenters. The van der Waals surface area contributed by atoms with E-state index in [0.29, 0.717) is 37.7 Å². The minimum absolute atomic E-state index is 0.174. The third-order valence-electron chi connectivity index (χ3n) is 6.84. The van der Waals surface area contributed by atoms with Gasteiger partial charge in [0.25, 0.3) is 0 Å². The molecule has 198 valence electrons. The maximum absolute atomic E-state index is 13.0. The van der Waals surface area contributed by atoms with Crippen molar-refractivity contribution in [2.24, 2.45) is 0 Å². The molecule has 0 saturated carbocycles. The highest BCUT2D eigenvalue weighted by atomic mass is 16.6. The van der Waals surface area contributed by atoms with Crippen LogP contribution in [0.15, 0.2) is 72.8 Å². The molecule has 3 aliphatic heterocycles. The van der Waals surface area contributed by atoms with Crippen LogP contribution in [0.5, 0.6) is 11.5 Å². The van der Waals surface area contributed by atoms with E-state index in [9.17, 15) is 4.79 Å². The Kier molecular flexibility index (Phi) is 7.04. The fourth-order valence-electron chi connectivity index (χ4n) is 4.66. The van der Waals surface area contributed by atoms with E-state index >= 15 is 0 Å². The van der Waals surface area contributed by atoms with Crippen LogP contribution in [0.3, 0.4) is 0 Å². The van der Waals surface area contributed by atoms with Crippen LogP contribution in [-0.4, -0.2) is 71.0 Å². The maximum atomic E-state index is 13.0. The van der Waals surface area contributed by atoms with Gasteiger partial charge in [0.1, 0.15) is 43.0 Å². The quantitative estimate of drug-likeness (QED) is 0.250. The summed E-state index contributed by atoms with van der Waals surface area (Å²) in [5.41, 5.74) is 1.91. The molecule has 2 fully saturated rings. The van der Waals surface area contributed by atoms with Crippen molar-refractivity contribution < 1.29 is 38.0 Å². The van der Waals surface area contributed by atoms with Crippen LogP contribution >= 0.6 is 0 Å². The lowest BCUT2D eigenvalue weighted by atomic mass is 9.80. The number of rotatable bonds is 13. The Hall–Kier alpha value is -3.43. The average Bonchev–Trinajstić information content (AvgIpc) is 3.89. The Morgan fingerprint density at radius 2 is 1.42 bits per heavy atom. The third kappa shape index (κ3) is 5.26. The minimum Gasteiger partial charge on any atom is -0.491 e. The second-order valence-corrected chi connectivity index (χ2v) is 9.61. The van der Waals surface area contributed by atoms with Crippen molar-refractivity contribution in [3.63, 3.8) is 0 Å². The van der Waals surface area contributed by atoms with E-state index < -0.39 is 5.60 Å². The third-order valence-corrected chi connectivity index (χ3v) is 6.84. The minimum atomic E-state index is -1.09. The van der Waals surface area contributed by atoms with Crippen LogP contribution in [0.2, 0.25) is 0 Å². The van der Waals surface area contributed by atoms with E-state index in [0.717, 1.165) is 35.7 Å².